The highest BCUT2D eigenvalue weighted by atomic mass is 16.5. The molecular weight excluding hydrogens is 653 g/mol. The lowest BCUT2D eigenvalue weighted by Crippen LogP contribution is -2.31. The first-order valence-electron chi connectivity index (χ1n) is 18.2. The van der Waals surface area contributed by atoms with Crippen molar-refractivity contribution in [2.75, 3.05) is 48.7 Å². The number of carbonyl (C=O) groups is 2. The van der Waals surface area contributed by atoms with Gasteiger partial charge in [0.15, 0.2) is 0 Å². The number of anilines is 3. The first-order chi connectivity index (χ1) is 25.1. The molecule has 7 rings (SSSR count). The van der Waals surface area contributed by atoms with Gasteiger partial charge in [-0.15, -0.1) is 0 Å². The minimum atomic E-state index is -0.381. The van der Waals surface area contributed by atoms with E-state index in [1.807, 2.05) is 85.8 Å². The predicted octanol–water partition coefficient (Wildman–Crippen LogP) is 7.65. The molecule has 0 radical (unpaired) electrons. The van der Waals surface area contributed by atoms with Crippen LogP contribution >= 0.6 is 0 Å². The summed E-state index contributed by atoms with van der Waals surface area (Å²) >= 11 is 0. The second-order valence-electron chi connectivity index (χ2n) is 14.5. The molecule has 2 aliphatic rings. The van der Waals surface area contributed by atoms with Crippen molar-refractivity contribution in [3.63, 3.8) is 0 Å². The Morgan fingerprint density at radius 3 is 2.27 bits per heavy atom. The highest BCUT2D eigenvalue weighted by molar-refractivity contribution is 6.07. The second kappa shape index (κ2) is 16.8. The van der Waals surface area contributed by atoms with E-state index in [-0.39, 0.29) is 24.0 Å². The van der Waals surface area contributed by atoms with Gasteiger partial charge in [-0.3, -0.25) is 15.0 Å². The number of aryl methyl sites for hydroxylation is 1. The van der Waals surface area contributed by atoms with E-state index in [0.717, 1.165) is 59.2 Å². The lowest BCUT2D eigenvalue weighted by atomic mass is 9.92. The summed E-state index contributed by atoms with van der Waals surface area (Å²) in [6.45, 7) is 13.4. The molecule has 5 aromatic rings. The number of carbonyl (C=O) groups excluding carboxylic acids is 2. The van der Waals surface area contributed by atoms with Crippen LogP contribution in [0.3, 0.4) is 0 Å². The number of hydrogen-bond donors (Lipinski definition) is 4. The Labute approximate surface area is 306 Å². The van der Waals surface area contributed by atoms with Crippen molar-refractivity contribution in [3.8, 4) is 11.4 Å². The van der Waals surface area contributed by atoms with Gasteiger partial charge in [-0.1, -0.05) is 62.7 Å². The van der Waals surface area contributed by atoms with Gasteiger partial charge in [0.25, 0.3) is 0 Å². The second-order valence-corrected chi connectivity index (χ2v) is 14.5. The first kappa shape index (κ1) is 36.5. The first-order valence-corrected chi connectivity index (χ1v) is 18.2. The van der Waals surface area contributed by atoms with E-state index in [4.69, 9.17) is 9.84 Å². The molecule has 0 spiro atoms. The lowest BCUT2D eigenvalue weighted by Gasteiger charge is -2.15. The van der Waals surface area contributed by atoms with Gasteiger partial charge in [-0.2, -0.15) is 5.10 Å². The maximum Gasteiger partial charge on any atom is 0.324 e. The smallest absolute Gasteiger partial charge is 0.324 e. The van der Waals surface area contributed by atoms with Crippen molar-refractivity contribution < 1.29 is 14.3 Å². The van der Waals surface area contributed by atoms with Crippen LogP contribution in [-0.4, -0.2) is 64.3 Å². The molecule has 4 N–H and O–H groups in total. The zero-order chi connectivity index (χ0) is 36.5. The van der Waals surface area contributed by atoms with Crippen molar-refractivity contribution in [2.24, 2.45) is 0 Å². The van der Waals surface area contributed by atoms with Crippen LogP contribution in [-0.2, 0) is 16.8 Å². The fourth-order valence-electron chi connectivity index (χ4n) is 6.24. The Bertz CT molecular complexity index is 1970. The van der Waals surface area contributed by atoms with E-state index >= 15 is 0 Å². The van der Waals surface area contributed by atoms with E-state index in [2.05, 4.69) is 51.9 Å². The van der Waals surface area contributed by atoms with E-state index in [9.17, 15) is 9.59 Å². The molecule has 272 valence electrons. The van der Waals surface area contributed by atoms with Crippen molar-refractivity contribution in [1.82, 2.24) is 25.0 Å². The summed E-state index contributed by atoms with van der Waals surface area (Å²) in [5.74, 6) is 1.69. The van der Waals surface area contributed by atoms with E-state index in [0.29, 0.717) is 29.6 Å². The molecule has 0 aliphatic carbocycles. The normalized spacial score (nSPS) is 14.5. The zero-order valence-electron chi connectivity index (χ0n) is 30.7. The number of nitrogens with zero attached hydrogens (tertiary/aromatic N) is 4. The largest absolute Gasteiger partial charge is 0.488 e. The summed E-state index contributed by atoms with van der Waals surface area (Å²) in [6.07, 6.45) is 6.72. The molecule has 0 bridgehead atoms. The monoisotopic (exact) mass is 702 g/mol. The highest BCUT2D eigenvalue weighted by Gasteiger charge is 2.22. The summed E-state index contributed by atoms with van der Waals surface area (Å²) < 4.78 is 8.01. The lowest BCUT2D eigenvalue weighted by molar-refractivity contribution is -0.117. The van der Waals surface area contributed by atoms with Gasteiger partial charge in [0.2, 0.25) is 5.91 Å². The Balaban J connectivity index is 0.000000856. The van der Waals surface area contributed by atoms with Crippen LogP contribution in [0.15, 0.2) is 85.1 Å². The van der Waals surface area contributed by atoms with Gasteiger partial charge in [0.1, 0.15) is 24.0 Å². The van der Waals surface area contributed by atoms with Crippen molar-refractivity contribution in [2.45, 2.75) is 65.4 Å². The maximum absolute atomic E-state index is 13.4. The molecule has 0 saturated carbocycles. The summed E-state index contributed by atoms with van der Waals surface area (Å²) in [4.78, 5) is 32.3. The number of ether oxygens (including phenoxy) is 1. The van der Waals surface area contributed by atoms with Crippen molar-refractivity contribution in [1.29, 1.82) is 0 Å². The fraction of sp³-hybridized carbons (Fsp3) is 0.366. The summed E-state index contributed by atoms with van der Waals surface area (Å²) in [5, 5.41) is 18.7. The summed E-state index contributed by atoms with van der Waals surface area (Å²) in [7, 11) is 0. The molecular formula is C41H50N8O3. The number of hydrogen-bond acceptors (Lipinski definition) is 7. The minimum Gasteiger partial charge on any atom is -0.488 e. The van der Waals surface area contributed by atoms with Gasteiger partial charge in [0, 0.05) is 28.5 Å². The molecule has 0 unspecified atom stereocenters. The van der Waals surface area contributed by atoms with Gasteiger partial charge in [0.05, 0.1) is 23.6 Å². The Kier molecular flexibility index (Phi) is 11.8. The van der Waals surface area contributed by atoms with Crippen LogP contribution in [0.1, 0.15) is 63.3 Å². The maximum atomic E-state index is 13.4. The quantitative estimate of drug-likeness (QED) is 0.124. The zero-order valence-corrected chi connectivity index (χ0v) is 30.7. The number of rotatable bonds is 9. The van der Waals surface area contributed by atoms with E-state index in [1.165, 1.54) is 25.9 Å². The summed E-state index contributed by atoms with van der Waals surface area (Å²) in [5.41, 5.74) is 4.20. The third kappa shape index (κ3) is 9.74. The molecule has 2 aliphatic heterocycles. The van der Waals surface area contributed by atoms with Crippen molar-refractivity contribution in [3.05, 3.63) is 102 Å². The van der Waals surface area contributed by atoms with Gasteiger partial charge >= 0.3 is 6.03 Å². The van der Waals surface area contributed by atoms with Crippen LogP contribution in [0, 0.1) is 6.92 Å². The van der Waals surface area contributed by atoms with E-state index in [1.54, 1.807) is 10.9 Å². The number of pyridine rings is 1. The predicted molar refractivity (Wildman–Crippen MR) is 209 cm³/mol. The number of likely N-dealkylation sites (tertiary alicyclic amines) is 1. The third-order valence-electron chi connectivity index (χ3n) is 9.14. The van der Waals surface area contributed by atoms with Crippen LogP contribution in [0.25, 0.3) is 16.5 Å². The molecule has 3 aromatic carbocycles. The minimum absolute atomic E-state index is 0.0650. The molecule has 2 aromatic heterocycles. The number of urea groups is 1. The standard InChI is InChI=1S/C37H41N7O3.C4H9N/c1-25-11-13-27(14-12-25)44-34(22-32(42-44)37(2,3)4)41-36(46)39-30-15-16-31(29-10-6-5-9-28(29)30)47-24-26-17-18-38-33(21-26)40-35(45)23-43-19-7-8-20-43;1-2-4-5-3-1/h5-6,9-18,21-22H,7-8,19-20,23-24H2,1-4H3,(H,38,40,45)(H2,39,41,46);5H,1-4H2. The highest BCUT2D eigenvalue weighted by Crippen LogP contribution is 2.33. The van der Waals surface area contributed by atoms with Crippen LogP contribution in [0.4, 0.5) is 22.1 Å². The number of benzene rings is 3. The Morgan fingerprint density at radius 1 is 0.846 bits per heavy atom. The number of fused-ring (bicyclic) bond motifs is 1. The topological polar surface area (TPSA) is 125 Å². The number of aromatic nitrogens is 3. The average Bonchev–Trinajstić information content (AvgIpc) is 3.94. The Morgan fingerprint density at radius 2 is 1.58 bits per heavy atom. The molecule has 11 heteroatoms. The van der Waals surface area contributed by atoms with Gasteiger partial charge in [-0.25, -0.2) is 14.5 Å². The average molecular weight is 703 g/mol. The molecule has 2 saturated heterocycles. The third-order valence-corrected chi connectivity index (χ3v) is 9.14. The molecule has 0 atom stereocenters. The van der Waals surface area contributed by atoms with Crippen LogP contribution < -0.4 is 26.0 Å². The Hall–Kier alpha value is -5.26. The molecule has 4 heterocycles. The van der Waals surface area contributed by atoms with Gasteiger partial charge < -0.3 is 20.7 Å². The molecule has 52 heavy (non-hydrogen) atoms. The van der Waals surface area contributed by atoms with E-state index < -0.39 is 0 Å². The summed E-state index contributed by atoms with van der Waals surface area (Å²) in [6, 6.07) is 24.7. The molecule has 2 fully saturated rings. The van der Waals surface area contributed by atoms with Crippen LogP contribution in [0.2, 0.25) is 0 Å². The fourth-order valence-corrected chi connectivity index (χ4v) is 6.24. The SMILES string of the molecule is C1CCNC1.Cc1ccc(-n2nc(C(C)(C)C)cc2NC(=O)Nc2ccc(OCc3ccnc(NC(=O)CN4CCCC4)c3)c3ccccc23)cc1. The van der Waals surface area contributed by atoms with Crippen molar-refractivity contribution >= 4 is 40.0 Å². The molecule has 11 nitrogen and oxygen atoms in total. The van der Waals surface area contributed by atoms with Crippen LogP contribution in [0.5, 0.6) is 5.75 Å². The molecule has 3 amide bonds. The number of nitrogens with one attached hydrogen (secondary N) is 4. The number of amides is 3. The van der Waals surface area contributed by atoms with Gasteiger partial charge in [-0.05, 0) is 101 Å².